The van der Waals surface area contributed by atoms with Crippen LogP contribution in [0, 0.1) is 0 Å². The number of piperidine rings is 1. The first-order chi connectivity index (χ1) is 14.1. The second kappa shape index (κ2) is 10.8. The Kier molecular flexibility index (Phi) is 8.12. The van der Waals surface area contributed by atoms with E-state index in [1.165, 1.54) is 31.0 Å². The van der Waals surface area contributed by atoms with E-state index >= 15 is 0 Å². The van der Waals surface area contributed by atoms with Crippen molar-refractivity contribution in [3.63, 3.8) is 0 Å². The van der Waals surface area contributed by atoms with Crippen LogP contribution in [-0.4, -0.2) is 51.8 Å². The molecule has 29 heavy (non-hydrogen) atoms. The van der Waals surface area contributed by atoms with Gasteiger partial charge in [0.2, 0.25) is 5.91 Å². The van der Waals surface area contributed by atoms with E-state index < -0.39 is 0 Å². The fourth-order valence-corrected chi connectivity index (χ4v) is 4.48. The lowest BCUT2D eigenvalue weighted by Crippen LogP contribution is -2.34. The number of rotatable bonds is 9. The number of hydrogen-bond donors (Lipinski definition) is 1. The van der Waals surface area contributed by atoms with Gasteiger partial charge in [0.25, 0.3) is 5.56 Å². The number of aromatic nitrogens is 2. The second-order valence-corrected chi connectivity index (χ2v) is 8.73. The first-order valence-electron chi connectivity index (χ1n) is 10.7. The van der Waals surface area contributed by atoms with E-state index in [0.29, 0.717) is 22.6 Å². The molecule has 1 saturated heterocycles. The van der Waals surface area contributed by atoms with Crippen molar-refractivity contribution in [1.29, 1.82) is 0 Å². The Morgan fingerprint density at radius 3 is 2.72 bits per heavy atom. The third-order valence-corrected chi connectivity index (χ3v) is 6.46. The highest BCUT2D eigenvalue weighted by atomic mass is 32.2. The lowest BCUT2D eigenvalue weighted by atomic mass is 10.1. The van der Waals surface area contributed by atoms with Crippen LogP contribution in [0.3, 0.4) is 0 Å². The summed E-state index contributed by atoms with van der Waals surface area (Å²) >= 11 is 1.35. The number of fused-ring (bicyclic) bond motifs is 1. The van der Waals surface area contributed by atoms with Gasteiger partial charge in [-0.25, -0.2) is 4.98 Å². The van der Waals surface area contributed by atoms with E-state index in [1.54, 1.807) is 4.57 Å². The monoisotopic (exact) mass is 416 g/mol. The van der Waals surface area contributed by atoms with Crippen LogP contribution in [0.1, 0.15) is 46.0 Å². The predicted octanol–water partition coefficient (Wildman–Crippen LogP) is 3.28. The molecule has 1 aliphatic heterocycles. The van der Waals surface area contributed by atoms with Gasteiger partial charge in [-0.3, -0.25) is 14.2 Å². The van der Waals surface area contributed by atoms with Gasteiger partial charge >= 0.3 is 0 Å². The van der Waals surface area contributed by atoms with E-state index in [0.717, 1.165) is 32.5 Å². The van der Waals surface area contributed by atoms with Gasteiger partial charge in [0.05, 0.1) is 16.7 Å². The maximum Gasteiger partial charge on any atom is 0.262 e. The highest BCUT2D eigenvalue weighted by Gasteiger charge is 2.15. The zero-order valence-corrected chi connectivity index (χ0v) is 18.3. The van der Waals surface area contributed by atoms with Crippen LogP contribution in [0.2, 0.25) is 0 Å². The molecule has 0 radical (unpaired) electrons. The zero-order valence-electron chi connectivity index (χ0n) is 17.5. The molecule has 1 fully saturated rings. The Morgan fingerprint density at radius 2 is 1.97 bits per heavy atom. The molecule has 1 atom stereocenters. The van der Waals surface area contributed by atoms with Gasteiger partial charge in [-0.15, -0.1) is 0 Å². The van der Waals surface area contributed by atoms with E-state index in [1.807, 2.05) is 38.1 Å². The molecule has 1 N–H and O–H groups in total. The molecule has 1 aromatic carbocycles. The minimum atomic E-state index is -0.0216. The molecule has 7 heteroatoms. The lowest BCUT2D eigenvalue weighted by molar-refractivity contribution is -0.119. The van der Waals surface area contributed by atoms with Crippen LogP contribution >= 0.6 is 11.8 Å². The Bertz CT molecular complexity index is 877. The fraction of sp³-hybridized carbons (Fsp3) is 0.591. The van der Waals surface area contributed by atoms with Crippen molar-refractivity contribution in [3.8, 4) is 0 Å². The number of nitrogens with one attached hydrogen (secondary N) is 1. The predicted molar refractivity (Wildman–Crippen MR) is 120 cm³/mol. The van der Waals surface area contributed by atoms with Crippen molar-refractivity contribution < 1.29 is 4.79 Å². The molecule has 2 heterocycles. The number of carbonyl (C=O) groups excluding carboxylic acids is 1. The zero-order chi connectivity index (χ0) is 20.6. The number of likely N-dealkylation sites (tertiary alicyclic amines) is 1. The summed E-state index contributed by atoms with van der Waals surface area (Å²) in [5.41, 5.74) is 0.675. The first kappa shape index (κ1) is 21.8. The summed E-state index contributed by atoms with van der Waals surface area (Å²) in [6, 6.07) is 7.60. The highest BCUT2D eigenvalue weighted by molar-refractivity contribution is 7.99. The Morgan fingerprint density at radius 1 is 1.21 bits per heavy atom. The summed E-state index contributed by atoms with van der Waals surface area (Å²) in [6.45, 7) is 7.97. The minimum absolute atomic E-state index is 0.0147. The number of benzene rings is 1. The fourth-order valence-electron chi connectivity index (χ4n) is 3.64. The van der Waals surface area contributed by atoms with Gasteiger partial charge < -0.3 is 10.2 Å². The number of nitrogens with zero attached hydrogens (tertiary/aromatic N) is 3. The van der Waals surface area contributed by atoms with Gasteiger partial charge in [-0.2, -0.15) is 0 Å². The van der Waals surface area contributed by atoms with Crippen LogP contribution in [0.5, 0.6) is 0 Å². The number of para-hydroxylation sites is 1. The third kappa shape index (κ3) is 6.06. The van der Waals surface area contributed by atoms with Gasteiger partial charge in [0.15, 0.2) is 5.16 Å². The summed E-state index contributed by atoms with van der Waals surface area (Å²) in [5.74, 6) is 0.243. The smallest absolute Gasteiger partial charge is 0.262 e. The van der Waals surface area contributed by atoms with Crippen LogP contribution in [-0.2, 0) is 11.3 Å². The molecule has 0 unspecified atom stereocenters. The summed E-state index contributed by atoms with van der Waals surface area (Å²) in [7, 11) is 0. The average molecular weight is 417 g/mol. The Labute approximate surface area is 177 Å². The topological polar surface area (TPSA) is 67.2 Å². The largest absolute Gasteiger partial charge is 0.353 e. The van der Waals surface area contributed by atoms with Crippen molar-refractivity contribution in [2.24, 2.45) is 0 Å². The second-order valence-electron chi connectivity index (χ2n) is 7.79. The van der Waals surface area contributed by atoms with Crippen molar-refractivity contribution in [1.82, 2.24) is 19.8 Å². The molecule has 1 aromatic heterocycles. The molecule has 1 amide bonds. The number of hydrogen-bond acceptors (Lipinski definition) is 5. The average Bonchev–Trinajstić information content (AvgIpc) is 2.74. The maximum absolute atomic E-state index is 13.1. The van der Waals surface area contributed by atoms with Gasteiger partial charge in [-0.05, 0) is 64.4 Å². The summed E-state index contributed by atoms with van der Waals surface area (Å²) in [6.07, 6.45) is 5.66. The lowest BCUT2D eigenvalue weighted by Gasteiger charge is -2.26. The molecular formula is C22H32N4O2S. The molecule has 6 nitrogen and oxygen atoms in total. The van der Waals surface area contributed by atoms with E-state index in [-0.39, 0.29) is 23.3 Å². The summed E-state index contributed by atoms with van der Waals surface area (Å²) < 4.78 is 1.76. The molecule has 0 aliphatic carbocycles. The van der Waals surface area contributed by atoms with Crippen molar-refractivity contribution in [2.75, 3.05) is 25.4 Å². The van der Waals surface area contributed by atoms with Crippen LogP contribution < -0.4 is 10.9 Å². The van der Waals surface area contributed by atoms with Gasteiger partial charge in [-0.1, -0.05) is 37.2 Å². The minimum Gasteiger partial charge on any atom is -0.353 e. The Balaban J connectivity index is 1.74. The van der Waals surface area contributed by atoms with Crippen LogP contribution in [0.25, 0.3) is 10.9 Å². The van der Waals surface area contributed by atoms with E-state index in [9.17, 15) is 9.59 Å². The van der Waals surface area contributed by atoms with E-state index in [4.69, 9.17) is 4.98 Å². The molecule has 2 aromatic rings. The standard InChI is InChI=1S/C22H32N4O2S/c1-3-17(2)23-20(27)16-29-22-24-19-11-6-5-10-18(19)21(28)26(22)15-9-14-25-12-7-4-8-13-25/h5-6,10-11,17H,3-4,7-9,12-16H2,1-2H3,(H,23,27)/t17-/m1/s1. The van der Waals surface area contributed by atoms with Gasteiger partial charge in [0, 0.05) is 12.6 Å². The van der Waals surface area contributed by atoms with Crippen molar-refractivity contribution in [3.05, 3.63) is 34.6 Å². The number of thioether (sulfide) groups is 1. The molecule has 0 saturated carbocycles. The van der Waals surface area contributed by atoms with Gasteiger partial charge in [0.1, 0.15) is 0 Å². The quantitative estimate of drug-likeness (QED) is 0.502. The van der Waals surface area contributed by atoms with Crippen molar-refractivity contribution >= 4 is 28.6 Å². The van der Waals surface area contributed by atoms with Crippen LogP contribution in [0.15, 0.2) is 34.2 Å². The number of carbonyl (C=O) groups is 1. The number of amides is 1. The molecular weight excluding hydrogens is 384 g/mol. The first-order valence-corrected chi connectivity index (χ1v) is 11.7. The normalized spacial score (nSPS) is 16.1. The Hall–Kier alpha value is -1.86. The molecule has 1 aliphatic rings. The maximum atomic E-state index is 13.1. The molecule has 0 bridgehead atoms. The molecule has 3 rings (SSSR count). The molecule has 0 spiro atoms. The van der Waals surface area contributed by atoms with Crippen molar-refractivity contribution in [2.45, 2.75) is 63.7 Å². The summed E-state index contributed by atoms with van der Waals surface area (Å²) in [5, 5.41) is 4.24. The van der Waals surface area contributed by atoms with E-state index in [2.05, 4.69) is 10.2 Å². The van der Waals surface area contributed by atoms with Crippen LogP contribution in [0.4, 0.5) is 0 Å². The molecule has 158 valence electrons. The summed E-state index contributed by atoms with van der Waals surface area (Å²) in [4.78, 5) is 32.5. The third-order valence-electron chi connectivity index (χ3n) is 5.48. The highest BCUT2D eigenvalue weighted by Crippen LogP contribution is 2.18. The SMILES string of the molecule is CC[C@@H](C)NC(=O)CSc1nc2ccccc2c(=O)n1CCCN1CCCCC1.